The van der Waals surface area contributed by atoms with Crippen LogP contribution in [0.4, 0.5) is 0 Å². The van der Waals surface area contributed by atoms with Crippen molar-refractivity contribution in [3.05, 3.63) is 40.5 Å². The Bertz CT molecular complexity index is 714. The second-order valence-corrected chi connectivity index (χ2v) is 7.20. The number of likely N-dealkylation sites (tertiary alicyclic amines) is 1. The molecule has 0 spiro atoms. The molecule has 1 aliphatic rings. The van der Waals surface area contributed by atoms with Crippen LogP contribution in [0, 0.1) is 5.92 Å². The molecule has 0 N–H and O–H groups in total. The average molecular weight is 394 g/mol. The van der Waals surface area contributed by atoms with E-state index in [9.17, 15) is 4.79 Å². The van der Waals surface area contributed by atoms with Gasteiger partial charge >= 0.3 is 0 Å². The Hall–Kier alpha value is -1.89. The molecule has 0 radical (unpaired) electrons. The maximum absolute atomic E-state index is 11.7. The summed E-state index contributed by atoms with van der Waals surface area (Å²) in [4.78, 5) is 17.9. The van der Waals surface area contributed by atoms with Crippen molar-refractivity contribution in [3.63, 3.8) is 0 Å². The fourth-order valence-corrected chi connectivity index (χ4v) is 3.00. The van der Waals surface area contributed by atoms with Crippen molar-refractivity contribution in [1.29, 1.82) is 0 Å². The summed E-state index contributed by atoms with van der Waals surface area (Å²) in [7, 11) is 1.77. The highest BCUT2D eigenvalue weighted by molar-refractivity contribution is 9.10. The van der Waals surface area contributed by atoms with E-state index in [4.69, 9.17) is 9.26 Å². The van der Waals surface area contributed by atoms with E-state index >= 15 is 0 Å². The zero-order chi connectivity index (χ0) is 17.3. The molecule has 2 atom stereocenters. The van der Waals surface area contributed by atoms with Gasteiger partial charge in [0, 0.05) is 17.9 Å². The van der Waals surface area contributed by atoms with Gasteiger partial charge in [-0.05, 0) is 36.6 Å². The quantitative estimate of drug-likeness (QED) is 0.770. The third-order valence-electron chi connectivity index (χ3n) is 4.17. The van der Waals surface area contributed by atoms with Crippen LogP contribution in [0.5, 0.6) is 5.75 Å². The molecule has 2 aromatic rings. The van der Waals surface area contributed by atoms with Crippen molar-refractivity contribution in [2.24, 2.45) is 5.92 Å². The third-order valence-corrected chi connectivity index (χ3v) is 4.70. The molecule has 24 heavy (non-hydrogen) atoms. The van der Waals surface area contributed by atoms with Crippen LogP contribution in [-0.2, 0) is 4.79 Å². The van der Waals surface area contributed by atoms with Crippen LogP contribution in [-0.4, -0.2) is 28.0 Å². The van der Waals surface area contributed by atoms with Crippen LogP contribution in [0.3, 0.4) is 0 Å². The summed E-state index contributed by atoms with van der Waals surface area (Å²) in [5, 5.41) is 4.10. The van der Waals surface area contributed by atoms with Gasteiger partial charge in [-0.1, -0.05) is 34.9 Å². The smallest absolute Gasteiger partial charge is 0.249 e. The van der Waals surface area contributed by atoms with Crippen LogP contribution >= 0.6 is 15.9 Å². The van der Waals surface area contributed by atoms with Crippen LogP contribution in [0.15, 0.2) is 33.3 Å². The van der Waals surface area contributed by atoms with Gasteiger partial charge in [0.2, 0.25) is 17.6 Å². The summed E-state index contributed by atoms with van der Waals surface area (Å²) < 4.78 is 12.5. The number of hydrogen-bond acceptors (Lipinski definition) is 5. The summed E-state index contributed by atoms with van der Waals surface area (Å²) in [6.07, 6.45) is 0.907. The molecule has 1 saturated heterocycles. The molecular weight excluding hydrogens is 374 g/mol. The zero-order valence-electron chi connectivity index (χ0n) is 13.9. The van der Waals surface area contributed by atoms with E-state index in [2.05, 4.69) is 26.1 Å². The van der Waals surface area contributed by atoms with Crippen molar-refractivity contribution in [3.8, 4) is 5.75 Å². The van der Waals surface area contributed by atoms with E-state index in [0.29, 0.717) is 24.6 Å². The number of aromatic nitrogens is 2. The van der Waals surface area contributed by atoms with E-state index in [0.717, 1.165) is 10.2 Å². The predicted molar refractivity (Wildman–Crippen MR) is 91.4 cm³/mol. The van der Waals surface area contributed by atoms with Gasteiger partial charge in [0.15, 0.2) is 6.10 Å². The molecule has 1 unspecified atom stereocenters. The van der Waals surface area contributed by atoms with Crippen molar-refractivity contribution in [1.82, 2.24) is 15.0 Å². The highest BCUT2D eigenvalue weighted by Crippen LogP contribution is 2.32. The monoisotopic (exact) mass is 393 g/mol. The molecule has 1 aromatic carbocycles. The first kappa shape index (κ1) is 17.0. The number of ether oxygens (including phenoxy) is 1. The third kappa shape index (κ3) is 3.45. The number of rotatable bonds is 5. The van der Waals surface area contributed by atoms with E-state index in [1.807, 2.05) is 38.1 Å². The first-order valence-corrected chi connectivity index (χ1v) is 8.76. The Morgan fingerprint density at radius 1 is 1.33 bits per heavy atom. The van der Waals surface area contributed by atoms with Gasteiger partial charge in [0.05, 0.1) is 0 Å². The zero-order valence-corrected chi connectivity index (χ0v) is 15.5. The lowest BCUT2D eigenvalue weighted by atomic mass is 10.1. The number of nitrogens with zero attached hydrogens (tertiary/aromatic N) is 3. The number of halogens is 1. The molecule has 1 fully saturated rings. The van der Waals surface area contributed by atoms with Crippen LogP contribution in [0.1, 0.15) is 50.6 Å². The number of hydrogen-bond donors (Lipinski definition) is 0. The molecule has 0 aliphatic carbocycles. The number of benzene rings is 1. The summed E-state index contributed by atoms with van der Waals surface area (Å²) in [6, 6.07) is 7.49. The van der Waals surface area contributed by atoms with E-state index < -0.39 is 0 Å². The molecule has 128 valence electrons. The molecule has 0 bridgehead atoms. The lowest BCUT2D eigenvalue weighted by molar-refractivity contribution is -0.127. The Labute approximate surface area is 149 Å². The first-order chi connectivity index (χ1) is 11.5. The Morgan fingerprint density at radius 3 is 2.62 bits per heavy atom. The molecule has 3 rings (SSSR count). The molecule has 1 aliphatic heterocycles. The molecule has 7 heteroatoms. The standard InChI is InChI=1S/C17H20BrN3O3/c1-10(2)15(23-12-6-4-11(18)5-7-12)16-19-17(24-20-16)13-8-9-14(22)21(13)3/h4-7,10,13,15H,8-9H2,1-3H3/t13-,15?/m1/s1. The summed E-state index contributed by atoms with van der Waals surface area (Å²) >= 11 is 3.41. The maximum atomic E-state index is 11.7. The minimum Gasteiger partial charge on any atom is -0.482 e. The van der Waals surface area contributed by atoms with Gasteiger partial charge in [-0.15, -0.1) is 0 Å². The van der Waals surface area contributed by atoms with Gasteiger partial charge in [-0.25, -0.2) is 0 Å². The predicted octanol–water partition coefficient (Wildman–Crippen LogP) is 3.90. The minimum absolute atomic E-state index is 0.103. The van der Waals surface area contributed by atoms with Crippen LogP contribution in [0.25, 0.3) is 0 Å². The first-order valence-electron chi connectivity index (χ1n) is 7.97. The fraction of sp³-hybridized carbons (Fsp3) is 0.471. The summed E-state index contributed by atoms with van der Waals surface area (Å²) in [6.45, 7) is 4.09. The molecule has 1 amide bonds. The van der Waals surface area contributed by atoms with Gasteiger partial charge in [0.25, 0.3) is 0 Å². The van der Waals surface area contributed by atoms with E-state index in [1.54, 1.807) is 11.9 Å². The Morgan fingerprint density at radius 2 is 2.04 bits per heavy atom. The Balaban J connectivity index is 1.79. The van der Waals surface area contributed by atoms with Gasteiger partial charge in [-0.2, -0.15) is 4.98 Å². The van der Waals surface area contributed by atoms with Crippen molar-refractivity contribution in [2.75, 3.05) is 7.05 Å². The summed E-state index contributed by atoms with van der Waals surface area (Å²) in [5.74, 6) is 2.00. The molecule has 6 nitrogen and oxygen atoms in total. The van der Waals surface area contributed by atoms with Crippen molar-refractivity contribution >= 4 is 21.8 Å². The molecular formula is C17H20BrN3O3. The SMILES string of the molecule is CC(C)C(Oc1ccc(Br)cc1)c1noc([C@H]2CCC(=O)N2C)n1. The maximum Gasteiger partial charge on any atom is 0.249 e. The van der Waals surface area contributed by atoms with Crippen LogP contribution < -0.4 is 4.74 Å². The highest BCUT2D eigenvalue weighted by atomic mass is 79.9. The highest BCUT2D eigenvalue weighted by Gasteiger charge is 2.34. The topological polar surface area (TPSA) is 68.5 Å². The van der Waals surface area contributed by atoms with Gasteiger partial charge in [-0.3, -0.25) is 4.79 Å². The second kappa shape index (κ2) is 6.93. The number of carbonyl (C=O) groups is 1. The lowest BCUT2D eigenvalue weighted by Gasteiger charge is -2.19. The largest absolute Gasteiger partial charge is 0.482 e. The van der Waals surface area contributed by atoms with Crippen LogP contribution in [0.2, 0.25) is 0 Å². The second-order valence-electron chi connectivity index (χ2n) is 6.29. The van der Waals surface area contributed by atoms with Gasteiger partial charge in [0.1, 0.15) is 11.8 Å². The van der Waals surface area contributed by atoms with Gasteiger partial charge < -0.3 is 14.2 Å². The average Bonchev–Trinajstić information content (AvgIpc) is 3.14. The lowest BCUT2D eigenvalue weighted by Crippen LogP contribution is -2.23. The number of amides is 1. The van der Waals surface area contributed by atoms with E-state index in [-0.39, 0.29) is 24.0 Å². The van der Waals surface area contributed by atoms with E-state index in [1.165, 1.54) is 0 Å². The number of carbonyl (C=O) groups excluding carboxylic acids is 1. The van der Waals surface area contributed by atoms with Crippen molar-refractivity contribution in [2.45, 2.75) is 38.8 Å². The fourth-order valence-electron chi connectivity index (χ4n) is 2.74. The molecule has 0 saturated carbocycles. The molecule has 1 aromatic heterocycles. The molecule has 2 heterocycles. The minimum atomic E-state index is -0.314. The Kier molecular flexibility index (Phi) is 4.89. The summed E-state index contributed by atoms with van der Waals surface area (Å²) in [5.41, 5.74) is 0. The van der Waals surface area contributed by atoms with Crippen molar-refractivity contribution < 1.29 is 14.1 Å². The normalized spacial score (nSPS) is 19.1.